The molecule has 0 spiro atoms. The molecule has 164 valence electrons. The molecule has 5 nitrogen and oxygen atoms in total. The summed E-state index contributed by atoms with van der Waals surface area (Å²) in [5.74, 6) is 0.0206. The topological polar surface area (TPSA) is 36.0 Å². The number of carbonyl (C=O) groups excluding carboxylic acids is 1. The van der Waals surface area contributed by atoms with Crippen LogP contribution in [0.5, 0.6) is 0 Å². The van der Waals surface area contributed by atoms with E-state index in [0.29, 0.717) is 25.6 Å². The minimum Gasteiger partial charge on any atom is -0.383 e. The van der Waals surface area contributed by atoms with E-state index in [0.717, 1.165) is 58.4 Å². The van der Waals surface area contributed by atoms with Crippen molar-refractivity contribution in [3.63, 3.8) is 0 Å². The smallest absolute Gasteiger partial charge is 0.383 e. The van der Waals surface area contributed by atoms with Crippen molar-refractivity contribution in [3.05, 3.63) is 0 Å². The predicted octanol–water partition coefficient (Wildman–Crippen LogP) is 3.00. The molecule has 2 rings (SSSR count). The zero-order chi connectivity index (χ0) is 20.6. The maximum atomic E-state index is 12.6. The van der Waals surface area contributed by atoms with Gasteiger partial charge in [0.15, 0.2) is 0 Å². The molecule has 0 saturated carbocycles. The molecule has 2 heterocycles. The van der Waals surface area contributed by atoms with Gasteiger partial charge in [-0.25, -0.2) is 0 Å². The maximum Gasteiger partial charge on any atom is 0.389 e. The van der Waals surface area contributed by atoms with Crippen LogP contribution in [0.15, 0.2) is 0 Å². The number of methoxy groups -OCH3 is 1. The van der Waals surface area contributed by atoms with Crippen molar-refractivity contribution in [3.8, 4) is 0 Å². The van der Waals surface area contributed by atoms with Crippen molar-refractivity contribution >= 4 is 5.91 Å². The molecule has 28 heavy (non-hydrogen) atoms. The number of piperidine rings is 1. The fraction of sp³-hybridized carbons (Fsp3) is 0.950. The second-order valence-corrected chi connectivity index (χ2v) is 8.12. The molecule has 8 heteroatoms. The summed E-state index contributed by atoms with van der Waals surface area (Å²) in [5, 5.41) is 0. The molecule has 2 aliphatic rings. The molecule has 0 bridgehead atoms. The van der Waals surface area contributed by atoms with Gasteiger partial charge in [-0.2, -0.15) is 13.2 Å². The van der Waals surface area contributed by atoms with Crippen molar-refractivity contribution < 1.29 is 22.7 Å². The Bertz CT molecular complexity index is 468. The quantitative estimate of drug-likeness (QED) is 0.558. The number of hydrogen-bond acceptors (Lipinski definition) is 4. The number of hydrogen-bond donors (Lipinski definition) is 0. The van der Waals surface area contributed by atoms with E-state index in [9.17, 15) is 18.0 Å². The number of carbonyl (C=O) groups is 1. The third-order valence-electron chi connectivity index (χ3n) is 6.11. The number of alkyl halides is 3. The molecule has 0 aromatic heterocycles. The van der Waals surface area contributed by atoms with E-state index in [1.807, 2.05) is 0 Å². The molecule has 0 unspecified atom stereocenters. The number of ether oxygens (including phenoxy) is 1. The molecule has 2 fully saturated rings. The monoisotopic (exact) mass is 407 g/mol. The second-order valence-electron chi connectivity index (χ2n) is 8.12. The Balaban J connectivity index is 1.91. The highest BCUT2D eigenvalue weighted by Crippen LogP contribution is 2.25. The summed E-state index contributed by atoms with van der Waals surface area (Å²) in [7, 11) is 1.69. The van der Waals surface area contributed by atoms with Crippen molar-refractivity contribution in [1.82, 2.24) is 14.7 Å². The first-order chi connectivity index (χ1) is 13.3. The first kappa shape index (κ1) is 23.4. The summed E-state index contributed by atoms with van der Waals surface area (Å²) in [4.78, 5) is 19.1. The highest BCUT2D eigenvalue weighted by Gasteiger charge is 2.32. The number of rotatable bonds is 10. The highest BCUT2D eigenvalue weighted by molar-refractivity contribution is 5.76. The number of likely N-dealkylation sites (N-methyl/N-ethyl adjacent to an activating group) is 1. The fourth-order valence-electron chi connectivity index (χ4n) is 4.38. The van der Waals surface area contributed by atoms with Crippen LogP contribution in [0.3, 0.4) is 0 Å². The van der Waals surface area contributed by atoms with Gasteiger partial charge in [0.2, 0.25) is 5.91 Å². The maximum absolute atomic E-state index is 12.6. The van der Waals surface area contributed by atoms with Crippen LogP contribution < -0.4 is 0 Å². The first-order valence-electron chi connectivity index (χ1n) is 10.6. The number of amides is 1. The molecule has 2 aliphatic heterocycles. The predicted molar refractivity (Wildman–Crippen MR) is 103 cm³/mol. The summed E-state index contributed by atoms with van der Waals surface area (Å²) >= 11 is 0. The van der Waals surface area contributed by atoms with Crippen LogP contribution in [0, 0.1) is 5.92 Å². The van der Waals surface area contributed by atoms with E-state index < -0.39 is 19.0 Å². The van der Waals surface area contributed by atoms with E-state index in [2.05, 4.69) is 16.7 Å². The van der Waals surface area contributed by atoms with Gasteiger partial charge in [-0.1, -0.05) is 6.92 Å². The third-order valence-corrected chi connectivity index (χ3v) is 6.11. The highest BCUT2D eigenvalue weighted by atomic mass is 19.4. The Labute approximate surface area is 167 Å². The summed E-state index contributed by atoms with van der Waals surface area (Å²) in [5.41, 5.74) is 0. The molecule has 0 aromatic carbocycles. The van der Waals surface area contributed by atoms with Crippen molar-refractivity contribution in [2.24, 2.45) is 5.92 Å². The van der Waals surface area contributed by atoms with E-state index >= 15 is 0 Å². The molecule has 0 aromatic rings. The summed E-state index contributed by atoms with van der Waals surface area (Å²) in [6.07, 6.45) is -1.66. The molecule has 0 N–H and O–H groups in total. The van der Waals surface area contributed by atoms with Gasteiger partial charge in [0.25, 0.3) is 0 Å². The van der Waals surface area contributed by atoms with Crippen molar-refractivity contribution in [2.75, 3.05) is 59.5 Å². The molecule has 0 radical (unpaired) electrons. The molecule has 1 atom stereocenters. The molecule has 1 amide bonds. The molecule has 2 saturated heterocycles. The second kappa shape index (κ2) is 11.4. The Morgan fingerprint density at radius 2 is 1.86 bits per heavy atom. The minimum atomic E-state index is -4.28. The van der Waals surface area contributed by atoms with Gasteiger partial charge in [0, 0.05) is 39.2 Å². The largest absolute Gasteiger partial charge is 0.389 e. The van der Waals surface area contributed by atoms with E-state index in [-0.39, 0.29) is 11.9 Å². The minimum absolute atomic E-state index is 0.279. The zero-order valence-electron chi connectivity index (χ0n) is 17.3. The van der Waals surface area contributed by atoms with Crippen LogP contribution in [0.1, 0.15) is 45.4 Å². The Hall–Kier alpha value is -0.860. The number of likely N-dealkylation sites (tertiary alicyclic amines) is 2. The third kappa shape index (κ3) is 7.87. The van der Waals surface area contributed by atoms with Crippen LogP contribution in [0.4, 0.5) is 13.2 Å². The lowest BCUT2D eigenvalue weighted by molar-refractivity contribution is -0.150. The lowest BCUT2D eigenvalue weighted by Gasteiger charge is -2.36. The SMILES string of the molecule is CCN1CCC[C@@H]1CN(CC1CCN(CCOC)CC1)C(=O)CCC(F)(F)F. The number of halogens is 3. The number of nitrogens with zero attached hydrogens (tertiary/aromatic N) is 3. The zero-order valence-corrected chi connectivity index (χ0v) is 17.3. The summed E-state index contributed by atoms with van der Waals surface area (Å²) in [6, 6.07) is 0.279. The van der Waals surface area contributed by atoms with Gasteiger partial charge in [-0.15, -0.1) is 0 Å². The van der Waals surface area contributed by atoms with Crippen molar-refractivity contribution in [2.45, 2.75) is 57.7 Å². The van der Waals surface area contributed by atoms with E-state index in [1.165, 1.54) is 0 Å². The van der Waals surface area contributed by atoms with Crippen molar-refractivity contribution in [1.29, 1.82) is 0 Å². The summed E-state index contributed by atoms with van der Waals surface area (Å²) in [6.45, 7) is 8.73. The van der Waals surface area contributed by atoms with Gasteiger partial charge in [-0.05, 0) is 57.8 Å². The average Bonchev–Trinajstić information content (AvgIpc) is 3.11. The van der Waals surface area contributed by atoms with Gasteiger partial charge >= 0.3 is 6.18 Å². The molecule has 0 aliphatic carbocycles. The first-order valence-corrected chi connectivity index (χ1v) is 10.6. The fourth-order valence-corrected chi connectivity index (χ4v) is 4.38. The van der Waals surface area contributed by atoms with Crippen LogP contribution >= 0.6 is 0 Å². The van der Waals surface area contributed by atoms with Crippen LogP contribution in [0.25, 0.3) is 0 Å². The van der Waals surface area contributed by atoms with Gasteiger partial charge < -0.3 is 14.5 Å². The van der Waals surface area contributed by atoms with E-state index in [4.69, 9.17) is 4.74 Å². The Kier molecular flexibility index (Phi) is 9.50. The average molecular weight is 408 g/mol. The Morgan fingerprint density at radius 1 is 1.14 bits per heavy atom. The van der Waals surface area contributed by atoms with Crippen LogP contribution in [-0.2, 0) is 9.53 Å². The van der Waals surface area contributed by atoms with Gasteiger partial charge in [-0.3, -0.25) is 9.69 Å². The van der Waals surface area contributed by atoms with E-state index in [1.54, 1.807) is 12.0 Å². The Morgan fingerprint density at radius 3 is 2.46 bits per heavy atom. The lowest BCUT2D eigenvalue weighted by atomic mass is 9.95. The van der Waals surface area contributed by atoms with Crippen LogP contribution in [0.2, 0.25) is 0 Å². The molecular formula is C20H36F3N3O2. The van der Waals surface area contributed by atoms with Gasteiger partial charge in [0.05, 0.1) is 13.0 Å². The van der Waals surface area contributed by atoms with Crippen LogP contribution in [-0.4, -0.2) is 92.4 Å². The van der Waals surface area contributed by atoms with Gasteiger partial charge in [0.1, 0.15) is 0 Å². The molecular weight excluding hydrogens is 371 g/mol. The normalized spacial score (nSPS) is 22.7. The summed E-state index contributed by atoms with van der Waals surface area (Å²) < 4.78 is 43.0. The lowest BCUT2D eigenvalue weighted by Crippen LogP contribution is -2.46. The standard InChI is InChI=1S/C20H36F3N3O2/c1-3-25-10-4-5-18(25)16-26(19(27)6-9-20(21,22)23)15-17-7-11-24(12-8-17)13-14-28-2/h17-18H,3-16H2,1-2H3/t18-/m1/s1.